The molecular formula is C26H30N+. The van der Waals surface area contributed by atoms with Crippen LogP contribution in [0.1, 0.15) is 66.0 Å². The fourth-order valence-electron chi connectivity index (χ4n) is 5.44. The predicted octanol–water partition coefficient (Wildman–Crippen LogP) is 6.09. The second kappa shape index (κ2) is 6.48. The van der Waals surface area contributed by atoms with Gasteiger partial charge in [-0.25, -0.2) is 0 Å². The highest BCUT2D eigenvalue weighted by atomic mass is 14.9. The molecule has 0 radical (unpaired) electrons. The molecule has 5 rings (SSSR count). The van der Waals surface area contributed by atoms with E-state index in [9.17, 15) is 0 Å². The van der Waals surface area contributed by atoms with Crippen molar-refractivity contribution in [2.75, 3.05) is 0 Å². The second-order valence-electron chi connectivity index (χ2n) is 8.81. The number of aryl methyl sites for hydroxylation is 4. The van der Waals surface area contributed by atoms with E-state index in [1.165, 1.54) is 78.2 Å². The Morgan fingerprint density at radius 3 is 2.37 bits per heavy atom. The van der Waals surface area contributed by atoms with E-state index in [0.717, 1.165) is 5.92 Å². The van der Waals surface area contributed by atoms with Gasteiger partial charge in [-0.1, -0.05) is 31.0 Å². The van der Waals surface area contributed by atoms with Crippen LogP contribution in [0.25, 0.3) is 22.0 Å². The molecule has 1 saturated carbocycles. The maximum Gasteiger partial charge on any atom is 0.220 e. The molecule has 0 bridgehead atoms. The van der Waals surface area contributed by atoms with Crippen molar-refractivity contribution in [3.63, 3.8) is 0 Å². The van der Waals surface area contributed by atoms with Gasteiger partial charge in [-0.15, -0.1) is 0 Å². The zero-order valence-corrected chi connectivity index (χ0v) is 16.9. The van der Waals surface area contributed by atoms with Crippen LogP contribution in [-0.2, 0) is 19.9 Å². The normalized spacial score (nSPS) is 17.0. The Morgan fingerprint density at radius 1 is 0.852 bits per heavy atom. The van der Waals surface area contributed by atoms with Crippen LogP contribution in [0.2, 0.25) is 0 Å². The van der Waals surface area contributed by atoms with Crippen LogP contribution >= 0.6 is 0 Å². The molecule has 0 saturated heterocycles. The van der Waals surface area contributed by atoms with E-state index < -0.39 is 0 Å². The fourth-order valence-corrected chi connectivity index (χ4v) is 5.44. The van der Waals surface area contributed by atoms with Crippen LogP contribution in [0.5, 0.6) is 0 Å². The van der Waals surface area contributed by atoms with Crippen molar-refractivity contribution in [3.05, 3.63) is 64.3 Å². The third-order valence-corrected chi connectivity index (χ3v) is 7.08. The molecule has 1 aromatic heterocycles. The van der Waals surface area contributed by atoms with Gasteiger partial charge in [0, 0.05) is 13.0 Å². The number of aromatic nitrogens is 1. The molecule has 3 aromatic rings. The first-order valence-corrected chi connectivity index (χ1v) is 10.7. The zero-order chi connectivity index (χ0) is 18.5. The lowest BCUT2D eigenvalue weighted by Crippen LogP contribution is -2.35. The van der Waals surface area contributed by atoms with Gasteiger partial charge in [0.05, 0.1) is 10.9 Å². The Bertz CT molecular complexity index is 1040. The number of fused-ring (bicyclic) bond motifs is 2. The highest BCUT2D eigenvalue weighted by Gasteiger charge is 2.24. The van der Waals surface area contributed by atoms with E-state index in [4.69, 9.17) is 0 Å². The Morgan fingerprint density at radius 2 is 1.59 bits per heavy atom. The van der Waals surface area contributed by atoms with E-state index in [-0.39, 0.29) is 0 Å². The summed E-state index contributed by atoms with van der Waals surface area (Å²) >= 11 is 0. The number of hydrogen-bond acceptors (Lipinski definition) is 0. The molecule has 27 heavy (non-hydrogen) atoms. The standard InChI is InChI=1S/C26H30N/c1-17-13-20-9-6-10-21(20)16-25(17)26-24-12-11-22(19-7-4-5-8-19)15-23(24)14-18(2)27(26)3/h11-16,19H,4-10H2,1-3H3/q+1. The minimum Gasteiger partial charge on any atom is -0.198 e. The van der Waals surface area contributed by atoms with Gasteiger partial charge in [-0.3, -0.25) is 0 Å². The molecule has 0 amide bonds. The molecule has 0 N–H and O–H groups in total. The van der Waals surface area contributed by atoms with E-state index in [0.29, 0.717) is 0 Å². The predicted molar refractivity (Wildman–Crippen MR) is 113 cm³/mol. The lowest BCUT2D eigenvalue weighted by atomic mass is 9.91. The van der Waals surface area contributed by atoms with E-state index in [2.05, 4.69) is 61.9 Å². The summed E-state index contributed by atoms with van der Waals surface area (Å²) in [6.07, 6.45) is 9.31. The average molecular weight is 357 g/mol. The van der Waals surface area contributed by atoms with Gasteiger partial charge < -0.3 is 0 Å². The largest absolute Gasteiger partial charge is 0.220 e. The van der Waals surface area contributed by atoms with Crippen LogP contribution in [0.3, 0.4) is 0 Å². The zero-order valence-electron chi connectivity index (χ0n) is 16.9. The first-order chi connectivity index (χ1) is 13.1. The number of nitrogens with zero attached hydrogens (tertiary/aromatic N) is 1. The van der Waals surface area contributed by atoms with Gasteiger partial charge in [0.25, 0.3) is 0 Å². The average Bonchev–Trinajstić information content (AvgIpc) is 3.33. The topological polar surface area (TPSA) is 3.88 Å². The van der Waals surface area contributed by atoms with Gasteiger partial charge in [0.2, 0.25) is 5.69 Å². The van der Waals surface area contributed by atoms with Gasteiger partial charge in [0.1, 0.15) is 7.05 Å². The maximum absolute atomic E-state index is 2.48. The summed E-state index contributed by atoms with van der Waals surface area (Å²) in [4.78, 5) is 0. The molecule has 0 unspecified atom stereocenters. The van der Waals surface area contributed by atoms with Crippen LogP contribution in [0, 0.1) is 13.8 Å². The first kappa shape index (κ1) is 17.0. The monoisotopic (exact) mass is 356 g/mol. The third-order valence-electron chi connectivity index (χ3n) is 7.08. The van der Waals surface area contributed by atoms with Crippen LogP contribution < -0.4 is 4.57 Å². The third kappa shape index (κ3) is 2.79. The van der Waals surface area contributed by atoms with Crippen molar-refractivity contribution < 1.29 is 4.57 Å². The Balaban J connectivity index is 1.73. The first-order valence-electron chi connectivity index (χ1n) is 10.7. The highest BCUT2D eigenvalue weighted by Crippen LogP contribution is 2.38. The molecule has 0 atom stereocenters. The van der Waals surface area contributed by atoms with Gasteiger partial charge in [-0.05, 0) is 84.7 Å². The quantitative estimate of drug-likeness (QED) is 0.489. The lowest BCUT2D eigenvalue weighted by Gasteiger charge is -2.14. The van der Waals surface area contributed by atoms with Crippen molar-refractivity contribution >= 4 is 10.8 Å². The minimum atomic E-state index is 0.772. The van der Waals surface area contributed by atoms with Crippen molar-refractivity contribution in [3.8, 4) is 11.3 Å². The van der Waals surface area contributed by atoms with Gasteiger partial charge in [0.15, 0.2) is 5.69 Å². The van der Waals surface area contributed by atoms with Gasteiger partial charge >= 0.3 is 0 Å². The number of rotatable bonds is 2. The Kier molecular flexibility index (Phi) is 4.07. The summed E-state index contributed by atoms with van der Waals surface area (Å²) in [5.74, 6) is 0.772. The van der Waals surface area contributed by atoms with E-state index in [1.807, 2.05) is 0 Å². The fraction of sp³-hybridized carbons (Fsp3) is 0.423. The smallest absolute Gasteiger partial charge is 0.198 e. The van der Waals surface area contributed by atoms with Crippen molar-refractivity contribution in [2.24, 2.45) is 7.05 Å². The highest BCUT2D eigenvalue weighted by molar-refractivity contribution is 5.94. The Hall–Kier alpha value is -2.15. The van der Waals surface area contributed by atoms with Crippen LogP contribution in [-0.4, -0.2) is 0 Å². The molecule has 1 nitrogen and oxygen atoms in total. The molecule has 138 valence electrons. The molecular weight excluding hydrogens is 326 g/mol. The molecule has 0 spiro atoms. The molecule has 1 heterocycles. The number of pyridine rings is 1. The number of hydrogen-bond donors (Lipinski definition) is 0. The molecule has 1 heteroatoms. The summed E-state index contributed by atoms with van der Waals surface area (Å²) < 4.78 is 2.39. The van der Waals surface area contributed by atoms with Crippen molar-refractivity contribution in [1.82, 2.24) is 0 Å². The molecule has 2 aliphatic rings. The lowest BCUT2D eigenvalue weighted by molar-refractivity contribution is -0.665. The maximum atomic E-state index is 2.48. The summed E-state index contributed by atoms with van der Waals surface area (Å²) in [6.45, 7) is 4.53. The number of benzene rings is 2. The molecule has 1 fully saturated rings. The molecule has 2 aromatic carbocycles. The summed E-state index contributed by atoms with van der Waals surface area (Å²) in [5, 5.41) is 2.80. The van der Waals surface area contributed by atoms with Crippen LogP contribution in [0.15, 0.2) is 36.4 Å². The van der Waals surface area contributed by atoms with E-state index in [1.54, 1.807) is 16.7 Å². The van der Waals surface area contributed by atoms with Crippen molar-refractivity contribution in [2.45, 2.75) is 64.7 Å². The van der Waals surface area contributed by atoms with Gasteiger partial charge in [-0.2, -0.15) is 4.57 Å². The summed E-state index contributed by atoms with van der Waals surface area (Å²) in [6, 6.07) is 14.6. The minimum absolute atomic E-state index is 0.772. The summed E-state index contributed by atoms with van der Waals surface area (Å²) in [7, 11) is 2.22. The molecule has 0 aliphatic heterocycles. The molecule has 2 aliphatic carbocycles. The van der Waals surface area contributed by atoms with E-state index >= 15 is 0 Å². The Labute approximate surface area is 163 Å². The SMILES string of the molecule is Cc1cc2c(cc1-c1c3ccc(C4CCCC4)cc3cc(C)[n+]1C)CCC2. The second-order valence-corrected chi connectivity index (χ2v) is 8.81. The summed E-state index contributed by atoms with van der Waals surface area (Å²) in [5.41, 5.74) is 10.2. The van der Waals surface area contributed by atoms with Crippen molar-refractivity contribution in [1.29, 1.82) is 0 Å². The van der Waals surface area contributed by atoms with Crippen LogP contribution in [0.4, 0.5) is 0 Å².